The highest BCUT2D eigenvalue weighted by Crippen LogP contribution is 2.24. The molecule has 0 saturated carbocycles. The smallest absolute Gasteiger partial charge is 0.191 e. The van der Waals surface area contributed by atoms with E-state index < -0.39 is 0 Å². The van der Waals surface area contributed by atoms with E-state index in [-0.39, 0.29) is 30.0 Å². The summed E-state index contributed by atoms with van der Waals surface area (Å²) in [6, 6.07) is 12.8. The summed E-state index contributed by atoms with van der Waals surface area (Å²) >= 11 is 0. The Labute approximate surface area is 214 Å². The zero-order valence-electron chi connectivity index (χ0n) is 19.5. The molecule has 1 aromatic heterocycles. The molecular weight excluding hydrogens is 531 g/mol. The van der Waals surface area contributed by atoms with Crippen LogP contribution in [-0.2, 0) is 22.6 Å². The van der Waals surface area contributed by atoms with Crippen LogP contribution in [0, 0.1) is 0 Å². The van der Waals surface area contributed by atoms with Gasteiger partial charge in [-0.25, -0.2) is 0 Å². The first kappa shape index (κ1) is 26.0. The summed E-state index contributed by atoms with van der Waals surface area (Å²) in [6.45, 7) is 5.94. The third kappa shape index (κ3) is 7.98. The van der Waals surface area contributed by atoms with E-state index in [0.29, 0.717) is 19.3 Å². The average Bonchev–Trinajstić information content (AvgIpc) is 3.56. The number of aliphatic imine (C=N–C) groups is 1. The largest absolute Gasteiger partial charge is 0.468 e. The number of rotatable bonds is 9. The number of hydrogen-bond acceptors (Lipinski definition) is 5. The van der Waals surface area contributed by atoms with Crippen molar-refractivity contribution >= 4 is 29.9 Å². The van der Waals surface area contributed by atoms with Gasteiger partial charge in [0.15, 0.2) is 5.96 Å². The summed E-state index contributed by atoms with van der Waals surface area (Å²) in [5.41, 5.74) is 2.41. The van der Waals surface area contributed by atoms with Crippen LogP contribution in [-0.4, -0.2) is 56.9 Å². The SMILES string of the molecule is CN=C(NCc1cccc(COC2CCOCC2)c1)NCC(c1ccco1)N1CCCC1.I. The molecule has 0 spiro atoms. The molecule has 2 fully saturated rings. The molecule has 2 aromatic rings. The molecule has 2 aliphatic rings. The van der Waals surface area contributed by atoms with Gasteiger partial charge in [0.1, 0.15) is 5.76 Å². The maximum absolute atomic E-state index is 6.07. The van der Waals surface area contributed by atoms with Crippen molar-refractivity contribution in [3.63, 3.8) is 0 Å². The minimum absolute atomic E-state index is 0. The monoisotopic (exact) mass is 568 g/mol. The lowest BCUT2D eigenvalue weighted by Crippen LogP contribution is -2.42. The highest BCUT2D eigenvalue weighted by atomic mass is 127. The maximum atomic E-state index is 6.07. The first-order valence-corrected chi connectivity index (χ1v) is 11.8. The Morgan fingerprint density at radius 2 is 1.91 bits per heavy atom. The van der Waals surface area contributed by atoms with Crippen LogP contribution in [0.3, 0.4) is 0 Å². The van der Waals surface area contributed by atoms with Crippen LogP contribution in [0.5, 0.6) is 0 Å². The molecule has 1 atom stereocenters. The lowest BCUT2D eigenvalue weighted by atomic mass is 10.1. The molecule has 2 saturated heterocycles. The minimum atomic E-state index is 0. The average molecular weight is 569 g/mol. The highest BCUT2D eigenvalue weighted by Gasteiger charge is 2.25. The molecule has 3 heterocycles. The van der Waals surface area contributed by atoms with Crippen LogP contribution in [0.25, 0.3) is 0 Å². The van der Waals surface area contributed by atoms with E-state index in [9.17, 15) is 0 Å². The minimum Gasteiger partial charge on any atom is -0.468 e. The number of furan rings is 1. The molecule has 1 aromatic carbocycles. The third-order valence-electron chi connectivity index (χ3n) is 6.24. The number of benzene rings is 1. The van der Waals surface area contributed by atoms with Crippen molar-refractivity contribution in [2.75, 3.05) is 39.9 Å². The Morgan fingerprint density at radius 1 is 1.12 bits per heavy atom. The van der Waals surface area contributed by atoms with Crippen LogP contribution in [0.2, 0.25) is 0 Å². The van der Waals surface area contributed by atoms with Crippen LogP contribution in [0.15, 0.2) is 52.1 Å². The van der Waals surface area contributed by atoms with Gasteiger partial charge in [-0.3, -0.25) is 9.89 Å². The number of nitrogens with one attached hydrogen (secondary N) is 2. The van der Waals surface area contributed by atoms with E-state index in [1.54, 1.807) is 6.26 Å². The molecule has 0 amide bonds. The van der Waals surface area contributed by atoms with Gasteiger partial charge in [0.05, 0.1) is 25.0 Å². The Balaban J connectivity index is 0.00000306. The van der Waals surface area contributed by atoms with Crippen LogP contribution in [0.1, 0.15) is 48.6 Å². The molecule has 8 heteroatoms. The first-order chi connectivity index (χ1) is 15.8. The van der Waals surface area contributed by atoms with Crippen molar-refractivity contribution in [3.8, 4) is 0 Å². The molecule has 4 rings (SSSR count). The fraction of sp³-hybridized carbons (Fsp3) is 0.560. The van der Waals surface area contributed by atoms with Gasteiger partial charge in [0.2, 0.25) is 0 Å². The number of halogens is 1. The summed E-state index contributed by atoms with van der Waals surface area (Å²) in [6.07, 6.45) is 6.53. The predicted octanol–water partition coefficient (Wildman–Crippen LogP) is 4.10. The molecule has 0 radical (unpaired) electrons. The Hall–Kier alpha value is -1.62. The van der Waals surface area contributed by atoms with Gasteiger partial charge in [-0.05, 0) is 62.0 Å². The molecule has 2 N–H and O–H groups in total. The number of nitrogens with zero attached hydrogens (tertiary/aromatic N) is 2. The van der Waals surface area contributed by atoms with Crippen LogP contribution >= 0.6 is 24.0 Å². The number of likely N-dealkylation sites (tertiary alicyclic amines) is 1. The van der Waals surface area contributed by atoms with Gasteiger partial charge in [-0.15, -0.1) is 24.0 Å². The Kier molecular flexibility index (Phi) is 11.0. The summed E-state index contributed by atoms with van der Waals surface area (Å²) in [4.78, 5) is 6.90. The number of guanidine groups is 1. The predicted molar refractivity (Wildman–Crippen MR) is 141 cm³/mol. The topological polar surface area (TPSA) is 71.3 Å². The van der Waals surface area contributed by atoms with Crippen molar-refractivity contribution in [2.45, 2.75) is 51.0 Å². The van der Waals surface area contributed by atoms with Gasteiger partial charge in [-0.1, -0.05) is 24.3 Å². The molecular formula is C25H37IN4O3. The van der Waals surface area contributed by atoms with Gasteiger partial charge in [0, 0.05) is 33.4 Å². The molecule has 1 unspecified atom stereocenters. The number of hydrogen-bond donors (Lipinski definition) is 2. The lowest BCUT2D eigenvalue weighted by molar-refractivity contribution is -0.0390. The second kappa shape index (κ2) is 13.9. The molecule has 0 aliphatic carbocycles. The van der Waals surface area contributed by atoms with E-state index in [4.69, 9.17) is 13.9 Å². The van der Waals surface area contributed by atoms with Gasteiger partial charge in [-0.2, -0.15) is 0 Å². The van der Waals surface area contributed by atoms with Gasteiger partial charge in [0.25, 0.3) is 0 Å². The van der Waals surface area contributed by atoms with E-state index in [1.165, 1.54) is 24.0 Å². The molecule has 0 bridgehead atoms. The summed E-state index contributed by atoms with van der Waals surface area (Å²) < 4.78 is 17.2. The van der Waals surface area contributed by atoms with Crippen molar-refractivity contribution in [3.05, 3.63) is 59.5 Å². The number of ether oxygens (including phenoxy) is 2. The fourth-order valence-corrected chi connectivity index (χ4v) is 4.43. The second-order valence-electron chi connectivity index (χ2n) is 8.52. The van der Waals surface area contributed by atoms with E-state index in [2.05, 4.69) is 50.9 Å². The Morgan fingerprint density at radius 3 is 2.64 bits per heavy atom. The molecule has 33 heavy (non-hydrogen) atoms. The van der Waals surface area contributed by atoms with Crippen LogP contribution in [0.4, 0.5) is 0 Å². The van der Waals surface area contributed by atoms with Crippen LogP contribution < -0.4 is 10.6 Å². The summed E-state index contributed by atoms with van der Waals surface area (Å²) in [5, 5.41) is 6.93. The van der Waals surface area contributed by atoms with E-state index in [1.807, 2.05) is 13.1 Å². The Bertz CT molecular complexity index is 834. The zero-order chi connectivity index (χ0) is 22.0. The third-order valence-corrected chi connectivity index (χ3v) is 6.24. The highest BCUT2D eigenvalue weighted by molar-refractivity contribution is 14.0. The van der Waals surface area contributed by atoms with Crippen molar-refractivity contribution in [1.82, 2.24) is 15.5 Å². The standard InChI is InChI=1S/C25H36N4O3.HI/c1-26-25(28-18-23(24-8-5-13-31-24)29-11-2-3-12-29)27-17-20-6-4-7-21(16-20)19-32-22-9-14-30-15-10-22;/h4-8,13,16,22-23H,2-3,9-12,14-15,17-19H2,1H3,(H2,26,27,28);1H. The maximum Gasteiger partial charge on any atom is 0.191 e. The molecule has 2 aliphatic heterocycles. The molecule has 182 valence electrons. The first-order valence-electron chi connectivity index (χ1n) is 11.8. The van der Waals surface area contributed by atoms with Crippen molar-refractivity contribution in [1.29, 1.82) is 0 Å². The normalized spacial score (nSPS) is 18.6. The summed E-state index contributed by atoms with van der Waals surface area (Å²) in [5.74, 6) is 1.80. The van der Waals surface area contributed by atoms with E-state index in [0.717, 1.165) is 57.4 Å². The summed E-state index contributed by atoms with van der Waals surface area (Å²) in [7, 11) is 1.81. The fourth-order valence-electron chi connectivity index (χ4n) is 4.43. The van der Waals surface area contributed by atoms with Crippen molar-refractivity contribution in [2.24, 2.45) is 4.99 Å². The van der Waals surface area contributed by atoms with Gasteiger partial charge >= 0.3 is 0 Å². The quantitative estimate of drug-likeness (QED) is 0.270. The van der Waals surface area contributed by atoms with E-state index >= 15 is 0 Å². The zero-order valence-corrected chi connectivity index (χ0v) is 21.8. The van der Waals surface area contributed by atoms with Gasteiger partial charge < -0.3 is 24.5 Å². The molecule has 7 nitrogen and oxygen atoms in total. The van der Waals surface area contributed by atoms with Crippen molar-refractivity contribution < 1.29 is 13.9 Å². The second-order valence-corrected chi connectivity index (χ2v) is 8.52. The lowest BCUT2D eigenvalue weighted by Gasteiger charge is -2.26.